The number of nitrogens with zero attached hydrogens (tertiary/aromatic N) is 1. The molecule has 0 fully saturated rings. The smallest absolute Gasteiger partial charge is 0.341 e. The Morgan fingerprint density at radius 3 is 2.54 bits per heavy atom. The molecule has 0 aliphatic heterocycles. The van der Waals surface area contributed by atoms with E-state index in [4.69, 9.17) is 4.74 Å². The number of halogens is 1. The van der Waals surface area contributed by atoms with Crippen molar-refractivity contribution in [2.45, 2.75) is 13.8 Å². The monoisotopic (exact) mass is 438 g/mol. The van der Waals surface area contributed by atoms with E-state index in [1.165, 1.54) is 4.90 Å². The Hall–Kier alpha value is -2.19. The fraction of sp³-hybridized carbons (Fsp3) is 0.278. The van der Waals surface area contributed by atoms with E-state index in [2.05, 4.69) is 21.2 Å². The van der Waals surface area contributed by atoms with Gasteiger partial charge in [-0.2, -0.15) is 0 Å². The normalized spacial score (nSPS) is 10.3. The lowest BCUT2D eigenvalue weighted by atomic mass is 10.1. The molecule has 0 unspecified atom stereocenters. The van der Waals surface area contributed by atoms with Gasteiger partial charge in [-0.1, -0.05) is 22.0 Å². The number of rotatable bonds is 5. The molecule has 0 aliphatic rings. The zero-order chi connectivity index (χ0) is 19.4. The lowest BCUT2D eigenvalue weighted by molar-refractivity contribution is 0.0527. The number of hydrogen-bond acceptors (Lipinski definition) is 5. The van der Waals surface area contributed by atoms with Gasteiger partial charge in [-0.25, -0.2) is 4.79 Å². The van der Waals surface area contributed by atoms with Crippen LogP contribution in [0.4, 0.5) is 5.00 Å². The van der Waals surface area contributed by atoms with Crippen LogP contribution in [0, 0.1) is 6.92 Å². The number of benzene rings is 1. The van der Waals surface area contributed by atoms with Crippen LogP contribution in [0.25, 0.3) is 0 Å². The second kappa shape index (κ2) is 8.46. The Morgan fingerprint density at radius 1 is 1.27 bits per heavy atom. The van der Waals surface area contributed by atoms with Crippen molar-refractivity contribution in [2.75, 3.05) is 26.0 Å². The van der Waals surface area contributed by atoms with E-state index in [-0.39, 0.29) is 24.0 Å². The molecule has 138 valence electrons. The minimum absolute atomic E-state index is 0.199. The number of amides is 2. The first-order valence-corrected chi connectivity index (χ1v) is 9.46. The summed E-state index contributed by atoms with van der Waals surface area (Å²) in [5.41, 5.74) is 1.14. The third-order valence-corrected chi connectivity index (χ3v) is 5.23. The maximum atomic E-state index is 12.6. The van der Waals surface area contributed by atoms with Crippen LogP contribution in [0.1, 0.15) is 42.9 Å². The van der Waals surface area contributed by atoms with Crippen molar-refractivity contribution in [2.24, 2.45) is 0 Å². The molecule has 0 bridgehead atoms. The van der Waals surface area contributed by atoms with Gasteiger partial charge in [0.25, 0.3) is 11.8 Å². The molecule has 8 heteroatoms. The van der Waals surface area contributed by atoms with Gasteiger partial charge < -0.3 is 15.0 Å². The van der Waals surface area contributed by atoms with Gasteiger partial charge in [0, 0.05) is 24.1 Å². The third-order valence-electron chi connectivity index (χ3n) is 3.54. The highest BCUT2D eigenvalue weighted by Gasteiger charge is 2.27. The Labute approximate surface area is 164 Å². The number of carbonyl (C=O) groups excluding carboxylic acids is 3. The predicted octanol–water partition coefficient (Wildman–Crippen LogP) is 3.95. The van der Waals surface area contributed by atoms with Crippen molar-refractivity contribution >= 4 is 50.1 Å². The molecule has 2 amide bonds. The number of hydrogen-bond donors (Lipinski definition) is 1. The zero-order valence-corrected chi connectivity index (χ0v) is 17.3. The van der Waals surface area contributed by atoms with Gasteiger partial charge in [0.2, 0.25) is 0 Å². The molecule has 1 heterocycles. The van der Waals surface area contributed by atoms with Gasteiger partial charge in [0.05, 0.1) is 17.0 Å². The number of nitrogens with one attached hydrogen (secondary N) is 1. The molecule has 0 saturated heterocycles. The molecule has 0 aliphatic carbocycles. The number of ether oxygens (including phenoxy) is 1. The maximum absolute atomic E-state index is 12.6. The molecule has 0 atom stereocenters. The standard InChI is InChI=1S/C18H19BrN2O4S/c1-5-25-18(24)13-10(2)14(17(23)21(3)4)26-16(13)20-15(22)11-7-6-8-12(19)9-11/h6-9H,5H2,1-4H3,(H,20,22). The SMILES string of the molecule is CCOC(=O)c1c(NC(=O)c2cccc(Br)c2)sc(C(=O)N(C)C)c1C. The molecule has 26 heavy (non-hydrogen) atoms. The second-order valence-corrected chi connectivity index (χ2v) is 7.58. The van der Waals surface area contributed by atoms with E-state index in [0.29, 0.717) is 21.0 Å². The first kappa shape index (κ1) is 20.1. The Kier molecular flexibility index (Phi) is 6.55. The number of esters is 1. The molecular weight excluding hydrogens is 420 g/mol. The van der Waals surface area contributed by atoms with E-state index >= 15 is 0 Å². The maximum Gasteiger partial charge on any atom is 0.341 e. The number of anilines is 1. The van der Waals surface area contributed by atoms with Crippen molar-refractivity contribution in [1.82, 2.24) is 4.90 Å². The van der Waals surface area contributed by atoms with Gasteiger partial charge in [-0.3, -0.25) is 9.59 Å². The van der Waals surface area contributed by atoms with Gasteiger partial charge in [-0.15, -0.1) is 11.3 Å². The lowest BCUT2D eigenvalue weighted by Crippen LogP contribution is -2.21. The molecule has 1 aromatic heterocycles. The topological polar surface area (TPSA) is 75.7 Å². The Bertz CT molecular complexity index is 861. The van der Waals surface area contributed by atoms with E-state index in [1.807, 2.05) is 6.07 Å². The lowest BCUT2D eigenvalue weighted by Gasteiger charge is -2.09. The minimum atomic E-state index is -0.566. The van der Waals surface area contributed by atoms with Gasteiger partial charge in [-0.05, 0) is 37.6 Å². The Balaban J connectivity index is 2.45. The van der Waals surface area contributed by atoms with Crippen LogP contribution in [0.5, 0.6) is 0 Å². The van der Waals surface area contributed by atoms with Crippen LogP contribution in [0.2, 0.25) is 0 Å². The molecule has 2 rings (SSSR count). The summed E-state index contributed by atoms with van der Waals surface area (Å²) in [5.74, 6) is -1.17. The summed E-state index contributed by atoms with van der Waals surface area (Å²) < 4.78 is 5.86. The fourth-order valence-corrected chi connectivity index (χ4v) is 3.87. The largest absolute Gasteiger partial charge is 0.462 e. The molecule has 0 spiro atoms. The van der Waals surface area contributed by atoms with Crippen LogP contribution in [-0.2, 0) is 4.74 Å². The van der Waals surface area contributed by atoms with E-state index in [9.17, 15) is 14.4 Å². The molecule has 2 aromatic rings. The van der Waals surface area contributed by atoms with Crippen LogP contribution >= 0.6 is 27.3 Å². The van der Waals surface area contributed by atoms with Gasteiger partial charge in [0.15, 0.2) is 0 Å². The number of thiophene rings is 1. The van der Waals surface area contributed by atoms with Crippen molar-refractivity contribution in [3.05, 3.63) is 50.3 Å². The highest BCUT2D eigenvalue weighted by Crippen LogP contribution is 2.34. The highest BCUT2D eigenvalue weighted by molar-refractivity contribution is 9.10. The van der Waals surface area contributed by atoms with Crippen LogP contribution < -0.4 is 5.32 Å². The molecule has 0 saturated carbocycles. The first-order valence-electron chi connectivity index (χ1n) is 7.85. The molecule has 1 aromatic carbocycles. The Morgan fingerprint density at radius 2 is 1.96 bits per heavy atom. The van der Waals surface area contributed by atoms with Crippen molar-refractivity contribution < 1.29 is 19.1 Å². The summed E-state index contributed by atoms with van der Waals surface area (Å²) in [4.78, 5) is 39.1. The molecule has 6 nitrogen and oxygen atoms in total. The highest BCUT2D eigenvalue weighted by atomic mass is 79.9. The van der Waals surface area contributed by atoms with E-state index < -0.39 is 5.97 Å². The summed E-state index contributed by atoms with van der Waals surface area (Å²) in [6, 6.07) is 6.89. The van der Waals surface area contributed by atoms with Crippen LogP contribution in [0.15, 0.2) is 28.7 Å². The third kappa shape index (κ3) is 4.31. The summed E-state index contributed by atoms with van der Waals surface area (Å²) >= 11 is 4.39. The number of carbonyl (C=O) groups is 3. The summed E-state index contributed by atoms with van der Waals surface area (Å²) in [6.45, 7) is 3.57. The zero-order valence-electron chi connectivity index (χ0n) is 14.9. The second-order valence-electron chi connectivity index (χ2n) is 5.64. The fourth-order valence-electron chi connectivity index (χ4n) is 2.26. The minimum Gasteiger partial charge on any atom is -0.462 e. The van der Waals surface area contributed by atoms with Crippen LogP contribution in [-0.4, -0.2) is 43.4 Å². The summed E-state index contributed by atoms with van der Waals surface area (Å²) in [7, 11) is 3.26. The molecular formula is C18H19BrN2O4S. The van der Waals surface area contributed by atoms with Crippen molar-refractivity contribution in [3.63, 3.8) is 0 Å². The van der Waals surface area contributed by atoms with E-state index in [0.717, 1.165) is 15.8 Å². The predicted molar refractivity (Wildman–Crippen MR) is 105 cm³/mol. The van der Waals surface area contributed by atoms with Crippen LogP contribution in [0.3, 0.4) is 0 Å². The van der Waals surface area contributed by atoms with E-state index in [1.54, 1.807) is 46.1 Å². The summed E-state index contributed by atoms with van der Waals surface area (Å²) in [6.07, 6.45) is 0. The summed E-state index contributed by atoms with van der Waals surface area (Å²) in [5, 5.41) is 3.04. The molecule has 0 radical (unpaired) electrons. The average molecular weight is 439 g/mol. The van der Waals surface area contributed by atoms with Gasteiger partial charge in [0.1, 0.15) is 5.00 Å². The quantitative estimate of drug-likeness (QED) is 0.716. The van der Waals surface area contributed by atoms with Gasteiger partial charge >= 0.3 is 5.97 Å². The average Bonchev–Trinajstić information content (AvgIpc) is 2.90. The van der Waals surface area contributed by atoms with Crippen molar-refractivity contribution in [3.8, 4) is 0 Å². The first-order chi connectivity index (χ1) is 12.3. The molecule has 1 N–H and O–H groups in total. The van der Waals surface area contributed by atoms with Crippen molar-refractivity contribution in [1.29, 1.82) is 0 Å².